The third-order valence-electron chi connectivity index (χ3n) is 4.76. The lowest BCUT2D eigenvalue weighted by molar-refractivity contribution is 0.198. The van der Waals surface area contributed by atoms with Gasteiger partial charge in [-0.1, -0.05) is 24.3 Å². The molecule has 5 heteroatoms. The highest BCUT2D eigenvalue weighted by Gasteiger charge is 2.26. The fraction of sp³-hybridized carbons (Fsp3) is 0.444. The van der Waals surface area contributed by atoms with Crippen LogP contribution in [0.2, 0.25) is 0 Å². The molecule has 0 radical (unpaired) electrons. The van der Waals surface area contributed by atoms with E-state index in [2.05, 4.69) is 46.2 Å². The second-order valence-corrected chi connectivity index (χ2v) is 6.52. The van der Waals surface area contributed by atoms with Crippen molar-refractivity contribution < 1.29 is 4.74 Å². The van der Waals surface area contributed by atoms with Crippen molar-refractivity contribution in [3.05, 3.63) is 35.4 Å². The minimum atomic E-state index is 0.192. The number of nitrogen functional groups attached to an aromatic ring is 1. The molecule has 120 valence electrons. The first-order valence-electron chi connectivity index (χ1n) is 8.30. The molecule has 2 aromatic rings. The Morgan fingerprint density at radius 2 is 2.09 bits per heavy atom. The van der Waals surface area contributed by atoms with Crippen LogP contribution in [0.5, 0.6) is 5.88 Å². The first-order valence-corrected chi connectivity index (χ1v) is 8.30. The minimum Gasteiger partial charge on any atom is -0.473 e. The van der Waals surface area contributed by atoms with Gasteiger partial charge in [0.05, 0.1) is 5.69 Å². The topological polar surface area (TPSA) is 64.3 Å². The third-order valence-corrected chi connectivity index (χ3v) is 4.76. The number of nitrogens with zero attached hydrogens (tertiary/aromatic N) is 3. The molecule has 1 aromatic heterocycles. The Morgan fingerprint density at radius 3 is 2.91 bits per heavy atom. The highest BCUT2D eigenvalue weighted by atomic mass is 16.5. The minimum absolute atomic E-state index is 0.192. The van der Waals surface area contributed by atoms with Gasteiger partial charge in [0.2, 0.25) is 11.8 Å². The molecule has 1 saturated heterocycles. The predicted molar refractivity (Wildman–Crippen MR) is 90.4 cm³/mol. The molecule has 0 amide bonds. The number of nitrogens with two attached hydrogens (primary N) is 1. The highest BCUT2D eigenvalue weighted by molar-refractivity contribution is 5.70. The number of fused-ring (bicyclic) bond motifs is 3. The fourth-order valence-corrected chi connectivity index (χ4v) is 3.60. The standard InChI is InChI=1S/C18H22N4O/c1-22-10-9-13(11-22)23-17-15-8-4-6-12-5-2-3-7-14(12)16(15)20-18(19)21-17/h2-3,5,7,13H,4,6,8-11H2,1H3,(H2,19,20,21)/t13-/m0/s1. The molecule has 1 atom stereocenters. The summed E-state index contributed by atoms with van der Waals surface area (Å²) in [5.74, 6) is 0.978. The van der Waals surface area contributed by atoms with Crippen LogP contribution in [-0.4, -0.2) is 41.1 Å². The van der Waals surface area contributed by atoms with Crippen molar-refractivity contribution in [2.75, 3.05) is 25.9 Å². The molecule has 2 heterocycles. The summed E-state index contributed by atoms with van der Waals surface area (Å²) in [7, 11) is 2.12. The maximum Gasteiger partial charge on any atom is 0.223 e. The van der Waals surface area contributed by atoms with Crippen molar-refractivity contribution in [1.29, 1.82) is 0 Å². The van der Waals surface area contributed by atoms with Gasteiger partial charge in [-0.2, -0.15) is 4.98 Å². The summed E-state index contributed by atoms with van der Waals surface area (Å²) in [5, 5.41) is 0. The van der Waals surface area contributed by atoms with Crippen molar-refractivity contribution in [2.24, 2.45) is 0 Å². The van der Waals surface area contributed by atoms with E-state index in [9.17, 15) is 0 Å². The molecule has 0 unspecified atom stereocenters. The predicted octanol–water partition coefficient (Wildman–Crippen LogP) is 2.30. The Kier molecular flexibility index (Phi) is 3.65. The Labute approximate surface area is 136 Å². The molecule has 2 N–H and O–H groups in total. The lowest BCUT2D eigenvalue weighted by atomic mass is 10.0. The maximum atomic E-state index is 6.22. The van der Waals surface area contributed by atoms with Gasteiger partial charge in [-0.25, -0.2) is 4.98 Å². The smallest absolute Gasteiger partial charge is 0.223 e. The van der Waals surface area contributed by atoms with Gasteiger partial charge in [0.25, 0.3) is 0 Å². The van der Waals surface area contributed by atoms with Crippen LogP contribution in [0.15, 0.2) is 24.3 Å². The van der Waals surface area contributed by atoms with E-state index >= 15 is 0 Å². The van der Waals surface area contributed by atoms with Crippen molar-refractivity contribution in [1.82, 2.24) is 14.9 Å². The van der Waals surface area contributed by atoms with E-state index in [1.54, 1.807) is 0 Å². The number of hydrogen-bond donors (Lipinski definition) is 1. The van der Waals surface area contributed by atoms with Crippen LogP contribution in [0.4, 0.5) is 5.95 Å². The molecule has 0 saturated carbocycles. The van der Waals surface area contributed by atoms with Crippen LogP contribution < -0.4 is 10.5 Å². The van der Waals surface area contributed by atoms with Gasteiger partial charge in [-0.05, 0) is 38.3 Å². The molecule has 23 heavy (non-hydrogen) atoms. The van der Waals surface area contributed by atoms with E-state index in [0.717, 1.165) is 50.0 Å². The molecule has 1 fully saturated rings. The first-order chi connectivity index (χ1) is 11.2. The first kappa shape index (κ1) is 14.5. The second-order valence-electron chi connectivity index (χ2n) is 6.52. The van der Waals surface area contributed by atoms with Crippen LogP contribution in [0, 0.1) is 0 Å². The van der Waals surface area contributed by atoms with E-state index in [0.29, 0.717) is 11.8 Å². The number of hydrogen-bond acceptors (Lipinski definition) is 5. The Morgan fingerprint density at radius 1 is 1.22 bits per heavy atom. The van der Waals surface area contributed by atoms with Crippen molar-refractivity contribution in [3.63, 3.8) is 0 Å². The molecular weight excluding hydrogens is 288 g/mol. The SMILES string of the molecule is CN1CC[C@H](Oc2nc(N)nc3c2CCCc2ccccc2-3)C1. The van der Waals surface area contributed by atoms with Gasteiger partial charge in [0.1, 0.15) is 6.10 Å². The largest absolute Gasteiger partial charge is 0.473 e. The van der Waals surface area contributed by atoms with E-state index < -0.39 is 0 Å². The third kappa shape index (κ3) is 2.77. The highest BCUT2D eigenvalue weighted by Crippen LogP contribution is 2.36. The number of likely N-dealkylation sites (tertiary alicyclic amines) is 1. The van der Waals surface area contributed by atoms with Crippen molar-refractivity contribution >= 4 is 5.95 Å². The number of aromatic nitrogens is 2. The lowest BCUT2D eigenvalue weighted by Crippen LogP contribution is -2.23. The molecule has 1 aliphatic carbocycles. The van der Waals surface area contributed by atoms with Gasteiger partial charge in [0.15, 0.2) is 0 Å². The molecule has 0 spiro atoms. The Balaban J connectivity index is 1.76. The monoisotopic (exact) mass is 310 g/mol. The number of anilines is 1. The molecule has 0 bridgehead atoms. The fourth-order valence-electron chi connectivity index (χ4n) is 3.60. The summed E-state index contributed by atoms with van der Waals surface area (Å²) in [5.41, 5.74) is 10.5. The average molecular weight is 310 g/mol. The van der Waals surface area contributed by atoms with Gasteiger partial charge in [0, 0.05) is 24.2 Å². The van der Waals surface area contributed by atoms with Crippen LogP contribution in [0.3, 0.4) is 0 Å². The summed E-state index contributed by atoms with van der Waals surface area (Å²) >= 11 is 0. The molecule has 2 aliphatic rings. The Hall–Kier alpha value is -2.14. The van der Waals surface area contributed by atoms with E-state index in [1.165, 1.54) is 11.1 Å². The molecule has 1 aliphatic heterocycles. The normalized spacial score (nSPS) is 20.7. The summed E-state index contributed by atoms with van der Waals surface area (Å²) in [4.78, 5) is 11.2. The molecular formula is C18H22N4O. The number of aryl methyl sites for hydroxylation is 1. The average Bonchev–Trinajstić information content (AvgIpc) is 2.85. The van der Waals surface area contributed by atoms with Crippen LogP contribution in [0.25, 0.3) is 11.3 Å². The van der Waals surface area contributed by atoms with Gasteiger partial charge < -0.3 is 15.4 Å². The van der Waals surface area contributed by atoms with E-state index in [1.807, 2.05) is 0 Å². The van der Waals surface area contributed by atoms with Crippen molar-refractivity contribution in [3.8, 4) is 17.1 Å². The Bertz CT molecular complexity index is 731. The number of benzene rings is 1. The van der Waals surface area contributed by atoms with Gasteiger partial charge >= 0.3 is 0 Å². The zero-order valence-corrected chi connectivity index (χ0v) is 13.5. The summed E-state index contributed by atoms with van der Waals surface area (Å²) in [6, 6.07) is 8.44. The number of ether oxygens (including phenoxy) is 1. The van der Waals surface area contributed by atoms with Crippen molar-refractivity contribution in [2.45, 2.75) is 31.8 Å². The van der Waals surface area contributed by atoms with Crippen LogP contribution in [0.1, 0.15) is 24.0 Å². The number of likely N-dealkylation sites (N-methyl/N-ethyl adjacent to an activating group) is 1. The van der Waals surface area contributed by atoms with E-state index in [4.69, 9.17) is 10.5 Å². The molecule has 5 nitrogen and oxygen atoms in total. The lowest BCUT2D eigenvalue weighted by Gasteiger charge is -2.17. The zero-order valence-electron chi connectivity index (χ0n) is 13.5. The summed E-state index contributed by atoms with van der Waals surface area (Å²) in [6.07, 6.45) is 4.29. The van der Waals surface area contributed by atoms with Gasteiger partial charge in [-0.3, -0.25) is 0 Å². The van der Waals surface area contributed by atoms with Gasteiger partial charge in [-0.15, -0.1) is 0 Å². The van der Waals surface area contributed by atoms with Crippen LogP contribution >= 0.6 is 0 Å². The summed E-state index contributed by atoms with van der Waals surface area (Å²) < 4.78 is 6.22. The van der Waals surface area contributed by atoms with E-state index in [-0.39, 0.29) is 6.10 Å². The zero-order chi connectivity index (χ0) is 15.8. The second kappa shape index (κ2) is 5.81. The quantitative estimate of drug-likeness (QED) is 0.922. The molecule has 1 aromatic carbocycles. The molecule has 4 rings (SSSR count). The van der Waals surface area contributed by atoms with Crippen LogP contribution in [-0.2, 0) is 12.8 Å². The number of rotatable bonds is 2. The summed E-state index contributed by atoms with van der Waals surface area (Å²) in [6.45, 7) is 2.01. The maximum absolute atomic E-state index is 6.22.